The van der Waals surface area contributed by atoms with Crippen LogP contribution < -0.4 is 9.80 Å². The van der Waals surface area contributed by atoms with Crippen LogP contribution in [0.25, 0.3) is 38.6 Å². The van der Waals surface area contributed by atoms with Crippen molar-refractivity contribution in [1.82, 2.24) is 0 Å². The van der Waals surface area contributed by atoms with Crippen LogP contribution in [0.4, 0.5) is 34.1 Å². The van der Waals surface area contributed by atoms with E-state index in [9.17, 15) is 0 Å². The monoisotopic (exact) mass is 692 g/mol. The Bertz CT molecular complexity index is 2540. The van der Waals surface area contributed by atoms with Crippen LogP contribution in [-0.4, -0.2) is 0 Å². The van der Waals surface area contributed by atoms with Crippen molar-refractivity contribution in [3.05, 3.63) is 224 Å². The molecule has 0 N–H and O–H groups in total. The van der Waals surface area contributed by atoms with Gasteiger partial charge in [-0.25, -0.2) is 0 Å². The molecule has 8 aromatic rings. The van der Waals surface area contributed by atoms with E-state index in [-0.39, 0.29) is 0 Å². The highest BCUT2D eigenvalue weighted by Gasteiger charge is 2.17. The molecule has 0 radical (unpaired) electrons. The lowest BCUT2D eigenvalue weighted by Gasteiger charge is -2.27. The second-order valence-corrected chi connectivity index (χ2v) is 13.7. The van der Waals surface area contributed by atoms with Gasteiger partial charge in [0, 0.05) is 33.8 Å². The minimum absolute atomic E-state index is 1.10. The van der Waals surface area contributed by atoms with Gasteiger partial charge in [0.15, 0.2) is 0 Å². The molecule has 1 aliphatic rings. The van der Waals surface area contributed by atoms with E-state index in [1.54, 1.807) is 0 Å². The second-order valence-electron chi connectivity index (χ2n) is 13.7. The summed E-state index contributed by atoms with van der Waals surface area (Å²) >= 11 is 0. The summed E-state index contributed by atoms with van der Waals surface area (Å²) in [5.41, 5.74) is 14.1. The summed E-state index contributed by atoms with van der Waals surface area (Å²) in [7, 11) is 0. The van der Waals surface area contributed by atoms with Crippen LogP contribution in [0.2, 0.25) is 0 Å². The molecular weight excluding hydrogens is 653 g/mol. The molecule has 0 saturated carbocycles. The number of allylic oxidation sites excluding steroid dienone is 4. The fourth-order valence-corrected chi connectivity index (χ4v) is 7.52. The molecule has 2 nitrogen and oxygen atoms in total. The van der Waals surface area contributed by atoms with Crippen molar-refractivity contribution in [3.8, 4) is 22.3 Å². The Morgan fingerprint density at radius 3 is 1.31 bits per heavy atom. The zero-order valence-corrected chi connectivity index (χ0v) is 30.1. The number of rotatable bonds is 9. The van der Waals surface area contributed by atoms with Crippen molar-refractivity contribution in [1.29, 1.82) is 0 Å². The molecule has 0 aliphatic heterocycles. The van der Waals surface area contributed by atoms with E-state index in [2.05, 4.69) is 228 Å². The first kappa shape index (κ1) is 33.0. The van der Waals surface area contributed by atoms with Crippen molar-refractivity contribution >= 4 is 50.5 Å². The van der Waals surface area contributed by atoms with Crippen molar-refractivity contribution < 1.29 is 0 Å². The number of hydrogen-bond donors (Lipinski definition) is 0. The zero-order chi connectivity index (χ0) is 36.1. The Labute approximate surface area is 318 Å². The average molecular weight is 693 g/mol. The van der Waals surface area contributed by atoms with Gasteiger partial charge in [0.25, 0.3) is 0 Å². The molecule has 0 aromatic heterocycles. The van der Waals surface area contributed by atoms with Gasteiger partial charge in [-0.1, -0.05) is 152 Å². The lowest BCUT2D eigenvalue weighted by atomic mass is 9.99. The lowest BCUT2D eigenvalue weighted by Crippen LogP contribution is -2.10. The molecule has 8 aromatic carbocycles. The Morgan fingerprint density at radius 1 is 0.315 bits per heavy atom. The first-order valence-corrected chi connectivity index (χ1v) is 18.7. The highest BCUT2D eigenvalue weighted by atomic mass is 15.1. The summed E-state index contributed by atoms with van der Waals surface area (Å²) in [5.74, 6) is 0. The van der Waals surface area contributed by atoms with E-state index in [1.165, 1.54) is 44.2 Å². The summed E-state index contributed by atoms with van der Waals surface area (Å²) in [5, 5.41) is 2.43. The summed E-state index contributed by atoms with van der Waals surface area (Å²) in [6.45, 7) is 0. The molecule has 2 heteroatoms. The van der Waals surface area contributed by atoms with Gasteiger partial charge < -0.3 is 9.80 Å². The quantitative estimate of drug-likeness (QED) is 0.149. The number of nitrogens with zero attached hydrogens (tertiary/aromatic N) is 2. The maximum atomic E-state index is 2.37. The third-order valence-corrected chi connectivity index (χ3v) is 10.3. The molecule has 258 valence electrons. The van der Waals surface area contributed by atoms with Crippen LogP contribution >= 0.6 is 0 Å². The van der Waals surface area contributed by atoms with Crippen LogP contribution in [0.3, 0.4) is 0 Å². The van der Waals surface area contributed by atoms with Gasteiger partial charge in [0.05, 0.1) is 5.69 Å². The maximum Gasteiger partial charge on any atom is 0.0540 e. The summed E-state index contributed by atoms with van der Waals surface area (Å²) < 4.78 is 0. The van der Waals surface area contributed by atoms with Gasteiger partial charge in [0.2, 0.25) is 0 Å². The average Bonchev–Trinajstić information content (AvgIpc) is 3.26. The molecule has 0 saturated heterocycles. The highest BCUT2D eigenvalue weighted by molar-refractivity contribution is 5.99. The standard InChI is InChI=1S/C52H40N2/c1-4-13-39(14-5-1)41-23-31-47(32-24-41)53(46-19-8-3-9-20-46)48-33-25-43(26-34-48)44-29-37-50(38-30-44)54(52-22-12-18-45-17-10-11-21-51(45)52)49-35-27-42(28-36-49)40-15-6-2-7-16-40/h2-4,6-38H,1,5H2. The van der Waals surface area contributed by atoms with Gasteiger partial charge in [-0.15, -0.1) is 0 Å². The number of fused-ring (bicyclic) bond motifs is 1. The van der Waals surface area contributed by atoms with Crippen molar-refractivity contribution in [2.75, 3.05) is 9.80 Å². The molecule has 0 fully saturated rings. The van der Waals surface area contributed by atoms with E-state index in [4.69, 9.17) is 0 Å². The molecule has 0 heterocycles. The summed E-state index contributed by atoms with van der Waals surface area (Å²) in [6, 6.07) is 72.1. The predicted molar refractivity (Wildman–Crippen MR) is 231 cm³/mol. The van der Waals surface area contributed by atoms with Crippen molar-refractivity contribution in [2.24, 2.45) is 0 Å². The molecule has 1 aliphatic carbocycles. The van der Waals surface area contributed by atoms with E-state index >= 15 is 0 Å². The van der Waals surface area contributed by atoms with E-state index in [0.29, 0.717) is 0 Å². The number of hydrogen-bond acceptors (Lipinski definition) is 2. The normalized spacial score (nSPS) is 12.3. The van der Waals surface area contributed by atoms with Gasteiger partial charge in [-0.2, -0.15) is 0 Å². The van der Waals surface area contributed by atoms with Crippen LogP contribution in [0, 0.1) is 0 Å². The van der Waals surface area contributed by atoms with Gasteiger partial charge in [-0.3, -0.25) is 0 Å². The predicted octanol–water partition coefficient (Wildman–Crippen LogP) is 14.8. The van der Waals surface area contributed by atoms with E-state index in [0.717, 1.165) is 47.0 Å². The highest BCUT2D eigenvalue weighted by Crippen LogP contribution is 2.41. The molecule has 9 rings (SSSR count). The van der Waals surface area contributed by atoms with Crippen molar-refractivity contribution in [3.63, 3.8) is 0 Å². The summed E-state index contributed by atoms with van der Waals surface area (Å²) in [4.78, 5) is 4.70. The fourth-order valence-electron chi connectivity index (χ4n) is 7.52. The molecule has 0 bridgehead atoms. The first-order chi connectivity index (χ1) is 26.8. The zero-order valence-electron chi connectivity index (χ0n) is 30.1. The summed E-state index contributed by atoms with van der Waals surface area (Å²) in [6.07, 6.45) is 9.06. The molecule has 0 atom stereocenters. The number of anilines is 6. The molecule has 0 spiro atoms. The molecule has 0 unspecified atom stereocenters. The minimum Gasteiger partial charge on any atom is -0.311 e. The van der Waals surface area contributed by atoms with Gasteiger partial charge >= 0.3 is 0 Å². The van der Waals surface area contributed by atoms with Crippen LogP contribution in [0.5, 0.6) is 0 Å². The number of para-hydroxylation sites is 1. The van der Waals surface area contributed by atoms with Crippen LogP contribution in [0.15, 0.2) is 218 Å². The van der Waals surface area contributed by atoms with Crippen molar-refractivity contribution in [2.45, 2.75) is 12.8 Å². The second kappa shape index (κ2) is 15.0. The lowest BCUT2D eigenvalue weighted by molar-refractivity contribution is 1.04. The Balaban J connectivity index is 1.04. The van der Waals surface area contributed by atoms with Gasteiger partial charge in [0.1, 0.15) is 0 Å². The Kier molecular flexibility index (Phi) is 9.15. The van der Waals surface area contributed by atoms with E-state index < -0.39 is 0 Å². The van der Waals surface area contributed by atoms with E-state index in [1.807, 2.05) is 0 Å². The molecule has 54 heavy (non-hydrogen) atoms. The third kappa shape index (κ3) is 6.74. The van der Waals surface area contributed by atoms with Gasteiger partial charge in [-0.05, 0) is 118 Å². The maximum absolute atomic E-state index is 2.37. The fraction of sp³-hybridized carbons (Fsp3) is 0.0385. The van der Waals surface area contributed by atoms with Crippen LogP contribution in [0.1, 0.15) is 18.4 Å². The SMILES string of the molecule is C1=CC(c2ccc(N(c3ccccc3)c3ccc(-c4ccc(N(c5ccc(-c6ccccc6)cc5)c5cccc6ccccc56)cc4)cc3)cc2)=CCC1. The minimum atomic E-state index is 1.10. The third-order valence-electron chi connectivity index (χ3n) is 10.3. The Morgan fingerprint density at radius 2 is 0.759 bits per heavy atom. The Hall–Kier alpha value is -6.90. The topological polar surface area (TPSA) is 6.48 Å². The van der Waals surface area contributed by atoms with Crippen LogP contribution in [-0.2, 0) is 0 Å². The number of benzene rings is 8. The first-order valence-electron chi connectivity index (χ1n) is 18.7. The smallest absolute Gasteiger partial charge is 0.0540 e. The molecular formula is C52H40N2. The largest absolute Gasteiger partial charge is 0.311 e. The molecule has 0 amide bonds.